The molecular weight excluding hydrogens is 160 g/mol. The Kier molecular flexibility index (Phi) is 1.99. The lowest BCUT2D eigenvalue weighted by Crippen LogP contribution is -2.00. The lowest BCUT2D eigenvalue weighted by molar-refractivity contribution is 1.02. The number of fused-ring (bicyclic) bond motifs is 1. The molecule has 0 unspecified atom stereocenters. The van der Waals surface area contributed by atoms with Crippen molar-refractivity contribution in [2.75, 3.05) is 0 Å². The summed E-state index contributed by atoms with van der Waals surface area (Å²) in [7, 11) is 0. The van der Waals surface area contributed by atoms with Crippen LogP contribution in [0.2, 0.25) is 0 Å². The van der Waals surface area contributed by atoms with Gasteiger partial charge in [0.15, 0.2) is 0 Å². The predicted molar refractivity (Wildman–Crippen MR) is 54.4 cm³/mol. The fourth-order valence-electron chi connectivity index (χ4n) is 1.46. The first-order valence-electron chi connectivity index (χ1n) is 4.36. The highest BCUT2D eigenvalue weighted by molar-refractivity contribution is 5.79. The van der Waals surface area contributed by atoms with E-state index in [0.717, 1.165) is 22.2 Å². The molecule has 0 saturated heterocycles. The molecule has 0 saturated carbocycles. The molecule has 0 aliphatic carbocycles. The first-order valence-corrected chi connectivity index (χ1v) is 4.36. The first kappa shape index (κ1) is 8.20. The van der Waals surface area contributed by atoms with Gasteiger partial charge in [-0.1, -0.05) is 18.2 Å². The summed E-state index contributed by atoms with van der Waals surface area (Å²) in [6, 6.07) is 10.2. The first-order chi connectivity index (χ1) is 6.31. The van der Waals surface area contributed by atoms with Crippen molar-refractivity contribution in [3.05, 3.63) is 41.6 Å². The Morgan fingerprint density at radius 1 is 1.31 bits per heavy atom. The molecule has 2 aromatic rings. The number of nitrogens with zero attached hydrogens (tertiary/aromatic N) is 1. The van der Waals surface area contributed by atoms with Crippen molar-refractivity contribution in [2.45, 2.75) is 13.5 Å². The van der Waals surface area contributed by atoms with Gasteiger partial charge in [0.05, 0.1) is 5.52 Å². The second-order valence-corrected chi connectivity index (χ2v) is 3.13. The molecular formula is C11H12N2. The molecule has 13 heavy (non-hydrogen) atoms. The van der Waals surface area contributed by atoms with Gasteiger partial charge in [-0.15, -0.1) is 0 Å². The lowest BCUT2D eigenvalue weighted by Gasteiger charge is -2.04. The number of rotatable bonds is 1. The summed E-state index contributed by atoms with van der Waals surface area (Å²) in [5.74, 6) is 0. The molecule has 0 atom stereocenters. The predicted octanol–water partition coefficient (Wildman–Crippen LogP) is 2.00. The standard InChI is InChI=1S/C11H12N2/c1-8-10(7-12)6-9-4-2-3-5-11(9)13-8/h2-6H,7,12H2,1H3. The number of aromatic nitrogens is 1. The number of hydrogen-bond acceptors (Lipinski definition) is 2. The smallest absolute Gasteiger partial charge is 0.0705 e. The van der Waals surface area contributed by atoms with Crippen LogP contribution in [-0.2, 0) is 6.54 Å². The van der Waals surface area contributed by atoms with E-state index in [1.54, 1.807) is 0 Å². The minimum Gasteiger partial charge on any atom is -0.326 e. The fraction of sp³-hybridized carbons (Fsp3) is 0.182. The summed E-state index contributed by atoms with van der Waals surface area (Å²) in [5.41, 5.74) is 8.79. The highest BCUT2D eigenvalue weighted by Gasteiger charge is 1.99. The fourth-order valence-corrected chi connectivity index (χ4v) is 1.46. The Morgan fingerprint density at radius 2 is 2.08 bits per heavy atom. The van der Waals surface area contributed by atoms with Crippen LogP contribution in [0, 0.1) is 6.92 Å². The molecule has 1 aromatic carbocycles. The van der Waals surface area contributed by atoms with Gasteiger partial charge in [0.2, 0.25) is 0 Å². The number of benzene rings is 1. The molecule has 1 aromatic heterocycles. The van der Waals surface area contributed by atoms with Crippen molar-refractivity contribution >= 4 is 10.9 Å². The summed E-state index contributed by atoms with van der Waals surface area (Å²) < 4.78 is 0. The zero-order valence-corrected chi connectivity index (χ0v) is 7.62. The zero-order chi connectivity index (χ0) is 9.26. The van der Waals surface area contributed by atoms with Crippen LogP contribution in [0.5, 0.6) is 0 Å². The van der Waals surface area contributed by atoms with Gasteiger partial charge in [0.25, 0.3) is 0 Å². The van der Waals surface area contributed by atoms with E-state index in [0.29, 0.717) is 6.54 Å². The van der Waals surface area contributed by atoms with E-state index in [2.05, 4.69) is 17.1 Å². The normalized spacial score (nSPS) is 10.6. The average molecular weight is 172 g/mol. The zero-order valence-electron chi connectivity index (χ0n) is 7.62. The topological polar surface area (TPSA) is 38.9 Å². The van der Waals surface area contributed by atoms with Crippen LogP contribution in [0.15, 0.2) is 30.3 Å². The second kappa shape index (κ2) is 3.15. The number of pyridine rings is 1. The van der Waals surface area contributed by atoms with Crippen molar-refractivity contribution in [1.29, 1.82) is 0 Å². The molecule has 0 spiro atoms. The van der Waals surface area contributed by atoms with Crippen molar-refractivity contribution < 1.29 is 0 Å². The van der Waals surface area contributed by atoms with E-state index in [4.69, 9.17) is 5.73 Å². The average Bonchev–Trinajstić information content (AvgIpc) is 2.17. The van der Waals surface area contributed by atoms with Crippen molar-refractivity contribution in [3.63, 3.8) is 0 Å². The van der Waals surface area contributed by atoms with Gasteiger partial charge in [0.1, 0.15) is 0 Å². The molecule has 1 heterocycles. The van der Waals surface area contributed by atoms with Gasteiger partial charge in [-0.25, -0.2) is 0 Å². The molecule has 2 N–H and O–H groups in total. The minimum absolute atomic E-state index is 0.559. The van der Waals surface area contributed by atoms with E-state index in [1.807, 2.05) is 25.1 Å². The maximum atomic E-state index is 5.60. The van der Waals surface area contributed by atoms with Crippen LogP contribution in [0.3, 0.4) is 0 Å². The number of hydrogen-bond donors (Lipinski definition) is 1. The van der Waals surface area contributed by atoms with E-state index in [9.17, 15) is 0 Å². The number of nitrogens with two attached hydrogens (primary N) is 1. The molecule has 2 rings (SSSR count). The van der Waals surface area contributed by atoms with Crippen molar-refractivity contribution in [3.8, 4) is 0 Å². The summed E-state index contributed by atoms with van der Waals surface area (Å²) in [6.45, 7) is 2.55. The quantitative estimate of drug-likeness (QED) is 0.714. The van der Waals surface area contributed by atoms with Gasteiger partial charge < -0.3 is 5.73 Å². The highest BCUT2D eigenvalue weighted by atomic mass is 14.7. The highest BCUT2D eigenvalue weighted by Crippen LogP contribution is 2.15. The lowest BCUT2D eigenvalue weighted by atomic mass is 10.1. The largest absolute Gasteiger partial charge is 0.326 e. The van der Waals surface area contributed by atoms with Gasteiger partial charge in [0, 0.05) is 17.6 Å². The van der Waals surface area contributed by atoms with Gasteiger partial charge in [-0.3, -0.25) is 4.98 Å². The van der Waals surface area contributed by atoms with E-state index in [1.165, 1.54) is 0 Å². The molecule has 2 nitrogen and oxygen atoms in total. The maximum Gasteiger partial charge on any atom is 0.0705 e. The SMILES string of the molecule is Cc1nc2ccccc2cc1CN. The molecule has 0 fully saturated rings. The van der Waals surface area contributed by atoms with Crippen LogP contribution < -0.4 is 5.73 Å². The molecule has 0 bridgehead atoms. The second-order valence-electron chi connectivity index (χ2n) is 3.13. The third kappa shape index (κ3) is 1.40. The third-order valence-electron chi connectivity index (χ3n) is 2.24. The summed E-state index contributed by atoms with van der Waals surface area (Å²) >= 11 is 0. The van der Waals surface area contributed by atoms with Gasteiger partial charge in [-0.05, 0) is 24.6 Å². The maximum absolute atomic E-state index is 5.60. The number of aryl methyl sites for hydroxylation is 1. The van der Waals surface area contributed by atoms with Crippen LogP contribution in [0.25, 0.3) is 10.9 Å². The molecule has 0 radical (unpaired) electrons. The molecule has 0 aliphatic heterocycles. The van der Waals surface area contributed by atoms with Crippen molar-refractivity contribution in [2.24, 2.45) is 5.73 Å². The van der Waals surface area contributed by atoms with Crippen LogP contribution in [0.4, 0.5) is 0 Å². The van der Waals surface area contributed by atoms with E-state index in [-0.39, 0.29) is 0 Å². The van der Waals surface area contributed by atoms with Crippen LogP contribution in [0.1, 0.15) is 11.3 Å². The Morgan fingerprint density at radius 3 is 2.85 bits per heavy atom. The van der Waals surface area contributed by atoms with Crippen molar-refractivity contribution in [1.82, 2.24) is 4.98 Å². The summed E-state index contributed by atoms with van der Waals surface area (Å²) in [5, 5.41) is 1.16. The summed E-state index contributed by atoms with van der Waals surface area (Å²) in [6.07, 6.45) is 0. The molecule has 0 amide bonds. The van der Waals surface area contributed by atoms with Crippen LogP contribution >= 0.6 is 0 Å². The minimum atomic E-state index is 0.559. The Bertz CT molecular complexity index is 435. The molecule has 0 aliphatic rings. The Balaban J connectivity index is 2.74. The Hall–Kier alpha value is -1.41. The monoisotopic (exact) mass is 172 g/mol. The Labute approximate surface area is 77.4 Å². The number of para-hydroxylation sites is 1. The van der Waals surface area contributed by atoms with Gasteiger partial charge >= 0.3 is 0 Å². The van der Waals surface area contributed by atoms with E-state index < -0.39 is 0 Å². The summed E-state index contributed by atoms with van der Waals surface area (Å²) in [4.78, 5) is 4.47. The third-order valence-corrected chi connectivity index (χ3v) is 2.24. The van der Waals surface area contributed by atoms with Crippen LogP contribution in [-0.4, -0.2) is 4.98 Å². The van der Waals surface area contributed by atoms with Gasteiger partial charge in [-0.2, -0.15) is 0 Å². The molecule has 2 heteroatoms. The molecule has 66 valence electrons. The van der Waals surface area contributed by atoms with E-state index >= 15 is 0 Å².